The van der Waals surface area contributed by atoms with Crippen molar-refractivity contribution in [1.82, 2.24) is 15.1 Å². The number of benzene rings is 3. The van der Waals surface area contributed by atoms with Gasteiger partial charge in [-0.15, -0.1) is 0 Å². The predicted molar refractivity (Wildman–Crippen MR) is 129 cm³/mol. The summed E-state index contributed by atoms with van der Waals surface area (Å²) in [7, 11) is 1.64. The molecule has 0 bridgehead atoms. The molecule has 166 valence electrons. The molecule has 33 heavy (non-hydrogen) atoms. The third kappa shape index (κ3) is 5.36. The number of nitrogens with one attached hydrogen (secondary N) is 1. The van der Waals surface area contributed by atoms with E-state index in [0.29, 0.717) is 18.0 Å². The summed E-state index contributed by atoms with van der Waals surface area (Å²) >= 11 is 0. The lowest BCUT2D eigenvalue weighted by Gasteiger charge is -2.15. The van der Waals surface area contributed by atoms with Gasteiger partial charge in [-0.05, 0) is 41.8 Å². The number of para-hydroxylation sites is 2. The zero-order valence-electron chi connectivity index (χ0n) is 18.6. The van der Waals surface area contributed by atoms with Crippen LogP contribution < -0.4 is 15.6 Å². The van der Waals surface area contributed by atoms with Crippen molar-refractivity contribution < 1.29 is 9.53 Å². The fraction of sp³-hybridized carbons (Fsp3) is 0.148. The van der Waals surface area contributed by atoms with Gasteiger partial charge in [-0.25, -0.2) is 4.68 Å². The largest absolute Gasteiger partial charge is 0.457 e. The maximum Gasteiger partial charge on any atom is 0.267 e. The van der Waals surface area contributed by atoms with Crippen molar-refractivity contribution in [3.05, 3.63) is 101 Å². The third-order valence-corrected chi connectivity index (χ3v) is 5.26. The van der Waals surface area contributed by atoms with Gasteiger partial charge in [-0.2, -0.15) is 5.10 Å². The Hall–Kier alpha value is -4.19. The van der Waals surface area contributed by atoms with Crippen LogP contribution in [0.4, 0.5) is 0 Å². The Labute approximate surface area is 192 Å². The molecule has 0 unspecified atom stereocenters. The van der Waals surface area contributed by atoms with Gasteiger partial charge in [-0.3, -0.25) is 9.59 Å². The van der Waals surface area contributed by atoms with Gasteiger partial charge in [0.15, 0.2) is 0 Å². The van der Waals surface area contributed by atoms with Crippen LogP contribution in [0.2, 0.25) is 0 Å². The number of carbonyl (C=O) groups is 1. The topological polar surface area (TPSA) is 73.2 Å². The highest BCUT2D eigenvalue weighted by molar-refractivity contribution is 5.83. The van der Waals surface area contributed by atoms with Crippen LogP contribution in [-0.4, -0.2) is 22.2 Å². The Bertz CT molecular complexity index is 1310. The van der Waals surface area contributed by atoms with E-state index < -0.39 is 0 Å². The van der Waals surface area contributed by atoms with E-state index in [9.17, 15) is 9.59 Å². The van der Waals surface area contributed by atoms with Crippen molar-refractivity contribution in [2.24, 2.45) is 7.05 Å². The minimum absolute atomic E-state index is 0.0427. The number of aryl methyl sites for hydroxylation is 1. The van der Waals surface area contributed by atoms with Gasteiger partial charge >= 0.3 is 0 Å². The van der Waals surface area contributed by atoms with E-state index in [4.69, 9.17) is 4.74 Å². The molecule has 1 amide bonds. The lowest BCUT2D eigenvalue weighted by Crippen LogP contribution is -2.22. The standard InChI is InChI=1S/C27H25N3O3/c1-19(31)28-17-16-20-12-14-21(15-13-20)24-18-26(32)30(2)29-27(24)23-10-6-7-11-25(23)33-22-8-4-3-5-9-22/h3-15,18H,16-17H2,1-2H3,(H,28,31). The molecule has 1 heterocycles. The van der Waals surface area contributed by atoms with Crippen LogP contribution >= 0.6 is 0 Å². The monoisotopic (exact) mass is 439 g/mol. The van der Waals surface area contributed by atoms with E-state index in [0.717, 1.165) is 34.4 Å². The molecule has 4 aromatic rings. The molecular weight excluding hydrogens is 414 g/mol. The van der Waals surface area contributed by atoms with Gasteiger partial charge in [0.2, 0.25) is 5.91 Å². The molecule has 0 aliphatic heterocycles. The summed E-state index contributed by atoms with van der Waals surface area (Å²) in [6.45, 7) is 2.09. The van der Waals surface area contributed by atoms with E-state index in [1.807, 2.05) is 78.9 Å². The molecule has 1 N–H and O–H groups in total. The van der Waals surface area contributed by atoms with E-state index in [1.165, 1.54) is 11.6 Å². The molecule has 0 atom stereocenters. The first-order chi connectivity index (χ1) is 16.0. The minimum atomic E-state index is -0.190. The molecule has 4 rings (SSSR count). The molecule has 0 aliphatic rings. The van der Waals surface area contributed by atoms with Crippen molar-refractivity contribution in [1.29, 1.82) is 0 Å². The van der Waals surface area contributed by atoms with Crippen LogP contribution in [0, 0.1) is 0 Å². The maximum atomic E-state index is 12.5. The zero-order chi connectivity index (χ0) is 23.2. The van der Waals surface area contributed by atoms with Gasteiger partial charge in [0.25, 0.3) is 5.56 Å². The van der Waals surface area contributed by atoms with Gasteiger partial charge < -0.3 is 10.1 Å². The fourth-order valence-electron chi connectivity index (χ4n) is 3.56. The van der Waals surface area contributed by atoms with Crippen LogP contribution in [0.1, 0.15) is 12.5 Å². The van der Waals surface area contributed by atoms with Crippen molar-refractivity contribution in [3.63, 3.8) is 0 Å². The normalized spacial score (nSPS) is 10.6. The van der Waals surface area contributed by atoms with E-state index >= 15 is 0 Å². The SMILES string of the molecule is CC(=O)NCCc1ccc(-c2cc(=O)n(C)nc2-c2ccccc2Oc2ccccc2)cc1. The summed E-state index contributed by atoms with van der Waals surface area (Å²) < 4.78 is 7.48. The highest BCUT2D eigenvalue weighted by atomic mass is 16.5. The molecule has 0 fully saturated rings. The minimum Gasteiger partial charge on any atom is -0.457 e. The number of amides is 1. The van der Waals surface area contributed by atoms with E-state index in [2.05, 4.69) is 10.4 Å². The molecule has 0 aliphatic carbocycles. The van der Waals surface area contributed by atoms with Crippen LogP contribution in [0.3, 0.4) is 0 Å². The van der Waals surface area contributed by atoms with Crippen molar-refractivity contribution in [2.45, 2.75) is 13.3 Å². The van der Waals surface area contributed by atoms with E-state index in [1.54, 1.807) is 13.1 Å². The first-order valence-electron chi connectivity index (χ1n) is 10.8. The second kappa shape index (κ2) is 9.96. The number of aromatic nitrogens is 2. The van der Waals surface area contributed by atoms with Crippen molar-refractivity contribution in [3.8, 4) is 33.9 Å². The van der Waals surface area contributed by atoms with E-state index in [-0.39, 0.29) is 11.5 Å². The molecule has 6 heteroatoms. The van der Waals surface area contributed by atoms with Crippen LogP contribution in [0.15, 0.2) is 89.7 Å². The highest BCUT2D eigenvalue weighted by Gasteiger charge is 2.16. The summed E-state index contributed by atoms with van der Waals surface area (Å²) in [5.74, 6) is 1.33. The first-order valence-corrected chi connectivity index (χ1v) is 10.8. The third-order valence-electron chi connectivity index (χ3n) is 5.26. The van der Waals surface area contributed by atoms with Gasteiger partial charge in [0, 0.05) is 37.7 Å². The van der Waals surface area contributed by atoms with Gasteiger partial charge in [0.1, 0.15) is 17.2 Å². The summed E-state index contributed by atoms with van der Waals surface area (Å²) in [5, 5.41) is 7.39. The summed E-state index contributed by atoms with van der Waals surface area (Å²) in [4.78, 5) is 23.6. The zero-order valence-corrected chi connectivity index (χ0v) is 18.6. The smallest absolute Gasteiger partial charge is 0.267 e. The number of ether oxygens (including phenoxy) is 1. The molecule has 1 aromatic heterocycles. The fourth-order valence-corrected chi connectivity index (χ4v) is 3.56. The number of hydrogen-bond acceptors (Lipinski definition) is 4. The first kappa shape index (κ1) is 22.0. The Morgan fingerprint density at radius 3 is 2.36 bits per heavy atom. The average Bonchev–Trinajstić information content (AvgIpc) is 2.82. The summed E-state index contributed by atoms with van der Waals surface area (Å²) in [6.07, 6.45) is 0.731. The molecule has 0 radical (unpaired) electrons. The van der Waals surface area contributed by atoms with Gasteiger partial charge in [0.05, 0.1) is 0 Å². The summed E-state index contributed by atoms with van der Waals surface area (Å²) in [6, 6.07) is 26.8. The average molecular weight is 440 g/mol. The molecular formula is C27H25N3O3. The second-order valence-corrected chi connectivity index (χ2v) is 7.71. The Balaban J connectivity index is 1.72. The van der Waals surface area contributed by atoms with Crippen LogP contribution in [0.25, 0.3) is 22.4 Å². The Morgan fingerprint density at radius 2 is 1.64 bits per heavy atom. The Morgan fingerprint density at radius 1 is 0.939 bits per heavy atom. The number of hydrogen-bond donors (Lipinski definition) is 1. The van der Waals surface area contributed by atoms with Crippen LogP contribution in [-0.2, 0) is 18.3 Å². The van der Waals surface area contributed by atoms with Gasteiger partial charge in [-0.1, -0.05) is 54.6 Å². The summed E-state index contributed by atoms with van der Waals surface area (Å²) in [5.41, 5.74) is 3.98. The maximum absolute atomic E-state index is 12.5. The lowest BCUT2D eigenvalue weighted by atomic mass is 9.98. The molecule has 6 nitrogen and oxygen atoms in total. The quantitative estimate of drug-likeness (QED) is 0.457. The Kier molecular flexibility index (Phi) is 6.64. The van der Waals surface area contributed by atoms with Crippen molar-refractivity contribution >= 4 is 5.91 Å². The molecule has 3 aromatic carbocycles. The molecule has 0 saturated carbocycles. The molecule has 0 spiro atoms. The number of carbonyl (C=O) groups excluding carboxylic acids is 1. The second-order valence-electron chi connectivity index (χ2n) is 7.71. The van der Waals surface area contributed by atoms with Crippen LogP contribution in [0.5, 0.6) is 11.5 Å². The number of nitrogens with zero attached hydrogens (tertiary/aromatic N) is 2. The molecule has 0 saturated heterocycles. The lowest BCUT2D eigenvalue weighted by molar-refractivity contribution is -0.118. The van der Waals surface area contributed by atoms with Crippen molar-refractivity contribution in [2.75, 3.05) is 6.54 Å². The highest BCUT2D eigenvalue weighted by Crippen LogP contribution is 2.37. The predicted octanol–water partition coefficient (Wildman–Crippen LogP) is 4.59. The number of rotatable bonds is 7.